The fourth-order valence-corrected chi connectivity index (χ4v) is 2.75. The van der Waals surface area contributed by atoms with Crippen molar-refractivity contribution in [3.05, 3.63) is 65.2 Å². The summed E-state index contributed by atoms with van der Waals surface area (Å²) in [5.74, 6) is 1.72. The lowest BCUT2D eigenvalue weighted by Gasteiger charge is -2.23. The van der Waals surface area contributed by atoms with E-state index in [1.807, 2.05) is 37.4 Å². The molecule has 0 saturated heterocycles. The van der Waals surface area contributed by atoms with Crippen molar-refractivity contribution in [3.63, 3.8) is 0 Å². The van der Waals surface area contributed by atoms with Gasteiger partial charge in [-0.2, -0.15) is 0 Å². The quantitative estimate of drug-likeness (QED) is 0.382. The first kappa shape index (κ1) is 22.2. The zero-order chi connectivity index (χ0) is 18.1. The third-order valence-corrected chi connectivity index (χ3v) is 4.03. The number of nitrogens with one attached hydrogen (secondary N) is 1. The van der Waals surface area contributed by atoms with Crippen LogP contribution >= 0.6 is 24.0 Å². The monoisotopic (exact) mass is 469 g/mol. The molecule has 0 atom stereocenters. The number of guanidine groups is 1. The first-order valence-electron chi connectivity index (χ1n) is 8.29. The van der Waals surface area contributed by atoms with E-state index in [1.54, 1.807) is 21.3 Å². The lowest BCUT2D eigenvalue weighted by atomic mass is 10.1. The van der Waals surface area contributed by atoms with Crippen LogP contribution < -0.4 is 10.1 Å². The number of para-hydroxylation sites is 1. The summed E-state index contributed by atoms with van der Waals surface area (Å²) in [6.07, 6.45) is 0. The van der Waals surface area contributed by atoms with Crippen LogP contribution in [0.4, 0.5) is 0 Å². The molecule has 0 saturated carbocycles. The molecule has 142 valence electrons. The van der Waals surface area contributed by atoms with E-state index in [0.29, 0.717) is 19.7 Å². The largest absolute Gasteiger partial charge is 0.496 e. The molecule has 2 aromatic carbocycles. The minimum absolute atomic E-state index is 0. The molecule has 26 heavy (non-hydrogen) atoms. The maximum atomic E-state index is 5.43. The van der Waals surface area contributed by atoms with Crippen LogP contribution in [0.15, 0.2) is 53.5 Å². The van der Waals surface area contributed by atoms with Crippen molar-refractivity contribution < 1.29 is 9.47 Å². The zero-order valence-electron chi connectivity index (χ0n) is 15.9. The summed E-state index contributed by atoms with van der Waals surface area (Å²) in [6.45, 7) is 2.01. The highest BCUT2D eigenvalue weighted by Gasteiger charge is 2.10. The molecule has 0 aliphatic heterocycles. The second-order valence-corrected chi connectivity index (χ2v) is 5.77. The maximum Gasteiger partial charge on any atom is 0.193 e. The number of hydrogen-bond donors (Lipinski definition) is 1. The fourth-order valence-electron chi connectivity index (χ4n) is 2.75. The lowest BCUT2D eigenvalue weighted by molar-refractivity contribution is 0.184. The van der Waals surface area contributed by atoms with Gasteiger partial charge in [0, 0.05) is 39.9 Å². The number of methoxy groups -OCH3 is 2. The highest BCUT2D eigenvalue weighted by molar-refractivity contribution is 14.0. The number of benzene rings is 2. The van der Waals surface area contributed by atoms with Gasteiger partial charge in [-0.25, -0.2) is 0 Å². The van der Waals surface area contributed by atoms with Crippen molar-refractivity contribution in [1.29, 1.82) is 0 Å². The van der Waals surface area contributed by atoms with E-state index in [9.17, 15) is 0 Å². The summed E-state index contributed by atoms with van der Waals surface area (Å²) >= 11 is 0. The highest BCUT2D eigenvalue weighted by atomic mass is 127. The predicted octanol–water partition coefficient (Wildman–Crippen LogP) is 3.67. The number of ether oxygens (including phenoxy) is 2. The molecule has 0 radical (unpaired) electrons. The Kier molecular flexibility index (Phi) is 10.0. The minimum Gasteiger partial charge on any atom is -0.496 e. The summed E-state index contributed by atoms with van der Waals surface area (Å²) in [5.41, 5.74) is 3.51. The molecule has 0 aromatic heterocycles. The van der Waals surface area contributed by atoms with Crippen LogP contribution in [-0.2, 0) is 24.4 Å². The summed E-state index contributed by atoms with van der Waals surface area (Å²) < 4.78 is 10.7. The van der Waals surface area contributed by atoms with Crippen LogP contribution in [0.3, 0.4) is 0 Å². The molecule has 0 heterocycles. The van der Waals surface area contributed by atoms with Gasteiger partial charge in [-0.1, -0.05) is 42.5 Å². The summed E-state index contributed by atoms with van der Waals surface area (Å²) in [7, 11) is 7.22. The number of nitrogens with zero attached hydrogens (tertiary/aromatic N) is 2. The van der Waals surface area contributed by atoms with Gasteiger partial charge in [0.15, 0.2) is 5.96 Å². The third-order valence-electron chi connectivity index (χ3n) is 4.03. The van der Waals surface area contributed by atoms with Crippen LogP contribution in [0, 0.1) is 0 Å². The summed E-state index contributed by atoms with van der Waals surface area (Å²) in [5, 5.41) is 3.42. The van der Waals surface area contributed by atoms with Crippen molar-refractivity contribution >= 4 is 29.9 Å². The highest BCUT2D eigenvalue weighted by Crippen LogP contribution is 2.18. The van der Waals surface area contributed by atoms with E-state index in [-0.39, 0.29) is 24.0 Å². The molecule has 0 unspecified atom stereocenters. The molecule has 5 nitrogen and oxygen atoms in total. The lowest BCUT2D eigenvalue weighted by Crippen LogP contribution is -2.38. The van der Waals surface area contributed by atoms with Crippen molar-refractivity contribution in [2.45, 2.75) is 19.7 Å². The standard InChI is InChI=1S/C20H27N3O2.HI/c1-21-20(22-13-16-9-5-6-11-18(16)15-24-3)23(2)14-17-10-7-8-12-19(17)25-4;/h5-12H,13-15H2,1-4H3,(H,21,22);1H. The van der Waals surface area contributed by atoms with Crippen LogP contribution in [0.2, 0.25) is 0 Å². The van der Waals surface area contributed by atoms with Gasteiger partial charge in [0.25, 0.3) is 0 Å². The number of hydrogen-bond acceptors (Lipinski definition) is 3. The van der Waals surface area contributed by atoms with E-state index in [4.69, 9.17) is 9.47 Å². The molecule has 0 bridgehead atoms. The smallest absolute Gasteiger partial charge is 0.193 e. The average molecular weight is 469 g/mol. The number of rotatable bonds is 7. The van der Waals surface area contributed by atoms with Crippen molar-refractivity contribution in [2.24, 2.45) is 4.99 Å². The van der Waals surface area contributed by atoms with Gasteiger partial charge in [0.2, 0.25) is 0 Å². The van der Waals surface area contributed by atoms with E-state index < -0.39 is 0 Å². The average Bonchev–Trinajstić information content (AvgIpc) is 2.64. The fraction of sp³-hybridized carbons (Fsp3) is 0.350. The van der Waals surface area contributed by atoms with Crippen LogP contribution in [0.25, 0.3) is 0 Å². The molecular formula is C20H28IN3O2. The normalized spacial score (nSPS) is 10.8. The first-order valence-corrected chi connectivity index (χ1v) is 8.29. The molecule has 0 fully saturated rings. The minimum atomic E-state index is 0. The molecule has 0 aliphatic rings. The first-order chi connectivity index (χ1) is 12.2. The van der Waals surface area contributed by atoms with Crippen molar-refractivity contribution in [3.8, 4) is 5.75 Å². The van der Waals surface area contributed by atoms with Crippen LogP contribution in [-0.4, -0.2) is 39.2 Å². The molecule has 2 rings (SSSR count). The Morgan fingerprint density at radius 3 is 2.23 bits per heavy atom. The molecule has 1 N–H and O–H groups in total. The van der Waals surface area contributed by atoms with Gasteiger partial charge in [-0.3, -0.25) is 4.99 Å². The van der Waals surface area contributed by atoms with Gasteiger partial charge >= 0.3 is 0 Å². The third kappa shape index (κ3) is 6.17. The SMILES string of the molecule is CN=C(NCc1ccccc1COC)N(C)Cc1ccccc1OC.I. The second-order valence-electron chi connectivity index (χ2n) is 5.77. The Morgan fingerprint density at radius 1 is 1.00 bits per heavy atom. The zero-order valence-corrected chi connectivity index (χ0v) is 18.2. The predicted molar refractivity (Wildman–Crippen MR) is 117 cm³/mol. The Morgan fingerprint density at radius 2 is 1.62 bits per heavy atom. The van der Waals surface area contributed by atoms with Gasteiger partial charge in [-0.15, -0.1) is 24.0 Å². The molecular weight excluding hydrogens is 441 g/mol. The van der Waals surface area contributed by atoms with Crippen LogP contribution in [0.5, 0.6) is 5.75 Å². The maximum absolute atomic E-state index is 5.43. The Hall–Kier alpha value is -1.80. The van der Waals surface area contributed by atoms with Crippen LogP contribution in [0.1, 0.15) is 16.7 Å². The molecule has 2 aromatic rings. The van der Waals surface area contributed by atoms with Crippen molar-refractivity contribution in [2.75, 3.05) is 28.3 Å². The van der Waals surface area contributed by atoms with E-state index in [2.05, 4.69) is 33.4 Å². The van der Waals surface area contributed by atoms with E-state index >= 15 is 0 Å². The van der Waals surface area contributed by atoms with E-state index in [1.165, 1.54) is 11.1 Å². The molecule has 0 spiro atoms. The summed E-state index contributed by atoms with van der Waals surface area (Å²) in [4.78, 5) is 6.47. The van der Waals surface area contributed by atoms with Gasteiger partial charge in [0.1, 0.15) is 5.75 Å². The molecule has 6 heteroatoms. The molecule has 0 amide bonds. The Bertz CT molecular complexity index is 707. The van der Waals surface area contributed by atoms with Crippen molar-refractivity contribution in [1.82, 2.24) is 10.2 Å². The van der Waals surface area contributed by atoms with Gasteiger partial charge < -0.3 is 19.7 Å². The van der Waals surface area contributed by atoms with Gasteiger partial charge in [-0.05, 0) is 17.2 Å². The topological polar surface area (TPSA) is 46.1 Å². The van der Waals surface area contributed by atoms with E-state index in [0.717, 1.165) is 17.3 Å². The summed E-state index contributed by atoms with van der Waals surface area (Å²) in [6, 6.07) is 16.3. The van der Waals surface area contributed by atoms with Gasteiger partial charge in [0.05, 0.1) is 13.7 Å². The Labute approximate surface area is 173 Å². The Balaban J connectivity index is 0.00000338. The second kappa shape index (κ2) is 11.7. The number of aliphatic imine (C=N–C) groups is 1. The number of halogens is 1. The molecule has 0 aliphatic carbocycles.